The Balaban J connectivity index is 1.56. The maximum atomic E-state index is 2.24. The van der Waals surface area contributed by atoms with E-state index in [0.717, 1.165) is 0 Å². The summed E-state index contributed by atoms with van der Waals surface area (Å²) in [7, 11) is 0. The maximum Gasteiger partial charge on any atom is -0.0178 e. The molecule has 0 aliphatic heterocycles. The largest absolute Gasteiger partial charge is 0.0622 e. The summed E-state index contributed by atoms with van der Waals surface area (Å²) in [6.07, 6.45) is 8.63. The van der Waals surface area contributed by atoms with Crippen molar-refractivity contribution in [2.45, 2.75) is 0 Å². The molecular formula is C26H20. The summed E-state index contributed by atoms with van der Waals surface area (Å²) in [6, 6.07) is 34.0. The number of hydrogen-bond acceptors (Lipinski definition) is 0. The van der Waals surface area contributed by atoms with Crippen LogP contribution in [0.5, 0.6) is 0 Å². The topological polar surface area (TPSA) is 0 Å². The molecule has 0 saturated heterocycles. The zero-order chi connectivity index (χ0) is 17.6. The summed E-state index contributed by atoms with van der Waals surface area (Å²) < 4.78 is 0. The fourth-order valence-electron chi connectivity index (χ4n) is 3.00. The minimum atomic E-state index is 1.22. The molecular weight excluding hydrogens is 312 g/mol. The van der Waals surface area contributed by atoms with Gasteiger partial charge in [0, 0.05) is 0 Å². The Hall–Kier alpha value is -3.38. The van der Waals surface area contributed by atoms with Crippen LogP contribution in [-0.2, 0) is 0 Å². The Morgan fingerprint density at radius 2 is 0.731 bits per heavy atom. The summed E-state index contributed by atoms with van der Waals surface area (Å²) in [5.41, 5.74) is 4.87. The molecule has 0 aromatic heterocycles. The maximum absolute atomic E-state index is 2.24. The summed E-state index contributed by atoms with van der Waals surface area (Å²) in [5, 5.41) is 2.52. The number of rotatable bonds is 4. The van der Waals surface area contributed by atoms with Gasteiger partial charge in [0.2, 0.25) is 0 Å². The van der Waals surface area contributed by atoms with Crippen LogP contribution in [0.4, 0.5) is 0 Å². The lowest BCUT2D eigenvalue weighted by molar-refractivity contribution is 1.65. The molecule has 0 unspecified atom stereocenters. The fraction of sp³-hybridized carbons (Fsp3) is 0. The van der Waals surface area contributed by atoms with Gasteiger partial charge in [0.05, 0.1) is 0 Å². The first kappa shape index (κ1) is 16.1. The monoisotopic (exact) mass is 332 g/mol. The molecule has 0 amide bonds. The van der Waals surface area contributed by atoms with Crippen molar-refractivity contribution in [3.63, 3.8) is 0 Å². The van der Waals surface area contributed by atoms with Crippen molar-refractivity contribution in [1.82, 2.24) is 0 Å². The molecule has 0 atom stereocenters. The van der Waals surface area contributed by atoms with Crippen molar-refractivity contribution in [2.75, 3.05) is 0 Å². The van der Waals surface area contributed by atoms with E-state index in [2.05, 4.69) is 109 Å². The van der Waals surface area contributed by atoms with Gasteiger partial charge in [-0.15, -0.1) is 0 Å². The second-order valence-electron chi connectivity index (χ2n) is 6.35. The Bertz CT molecular complexity index is 966. The molecule has 0 radical (unpaired) electrons. The number of hydrogen-bond donors (Lipinski definition) is 0. The predicted molar refractivity (Wildman–Crippen MR) is 115 cm³/mol. The molecule has 0 saturated carbocycles. The molecule has 0 spiro atoms. The molecule has 0 N–H and O–H groups in total. The van der Waals surface area contributed by atoms with Crippen molar-refractivity contribution >= 4 is 35.1 Å². The van der Waals surface area contributed by atoms with Gasteiger partial charge in [0.25, 0.3) is 0 Å². The molecule has 4 aromatic carbocycles. The van der Waals surface area contributed by atoms with E-state index in [4.69, 9.17) is 0 Å². The van der Waals surface area contributed by atoms with Crippen LogP contribution in [0.2, 0.25) is 0 Å². The van der Waals surface area contributed by atoms with Gasteiger partial charge in [-0.1, -0.05) is 109 Å². The highest BCUT2D eigenvalue weighted by molar-refractivity contribution is 5.88. The average Bonchev–Trinajstić information content (AvgIpc) is 2.72. The third-order valence-electron chi connectivity index (χ3n) is 4.42. The van der Waals surface area contributed by atoms with Gasteiger partial charge in [-0.3, -0.25) is 0 Å². The van der Waals surface area contributed by atoms with Gasteiger partial charge in [0.15, 0.2) is 0 Å². The Morgan fingerprint density at radius 3 is 1.15 bits per heavy atom. The lowest BCUT2D eigenvalue weighted by Crippen LogP contribution is -1.79. The quantitative estimate of drug-likeness (QED) is 0.347. The molecule has 0 aliphatic carbocycles. The molecule has 4 rings (SSSR count). The molecule has 0 nitrogen and oxygen atoms in total. The van der Waals surface area contributed by atoms with Crippen molar-refractivity contribution in [3.05, 3.63) is 119 Å². The first-order valence-corrected chi connectivity index (χ1v) is 8.87. The molecule has 0 aliphatic rings. The Labute approximate surface area is 154 Å². The second-order valence-corrected chi connectivity index (χ2v) is 6.35. The van der Waals surface area contributed by atoms with E-state index in [-0.39, 0.29) is 0 Å². The lowest BCUT2D eigenvalue weighted by Gasteiger charge is -2.02. The van der Waals surface area contributed by atoms with Gasteiger partial charge >= 0.3 is 0 Å². The SMILES string of the molecule is C(=C\c1ccc2cc(/C=C/c3ccccc3)ccc2c1)/c1ccccc1. The van der Waals surface area contributed by atoms with Crippen molar-refractivity contribution in [2.24, 2.45) is 0 Å². The predicted octanol–water partition coefficient (Wildman–Crippen LogP) is 7.18. The van der Waals surface area contributed by atoms with Gasteiger partial charge < -0.3 is 0 Å². The average molecular weight is 332 g/mol. The Morgan fingerprint density at radius 1 is 0.346 bits per heavy atom. The lowest BCUT2D eigenvalue weighted by atomic mass is 10.0. The van der Waals surface area contributed by atoms with Crippen LogP contribution in [0.25, 0.3) is 35.1 Å². The molecule has 0 heterocycles. The molecule has 0 bridgehead atoms. The molecule has 4 aromatic rings. The first-order chi connectivity index (χ1) is 12.9. The normalized spacial score (nSPS) is 11.5. The summed E-state index contributed by atoms with van der Waals surface area (Å²) >= 11 is 0. The fourth-order valence-corrected chi connectivity index (χ4v) is 3.00. The standard InChI is InChI=1S/C26H20/c1-3-7-21(8-4-1)11-13-23-15-17-26-20-24(16-18-25(26)19-23)14-12-22-9-5-2-6-10-22/h1-20H/b13-11+,14-12+. The van der Waals surface area contributed by atoms with Crippen molar-refractivity contribution in [3.8, 4) is 0 Å². The van der Waals surface area contributed by atoms with E-state index in [1.165, 1.54) is 33.0 Å². The third kappa shape index (κ3) is 3.99. The smallest absolute Gasteiger partial charge is 0.0178 e. The number of fused-ring (bicyclic) bond motifs is 1. The van der Waals surface area contributed by atoms with Crippen LogP contribution < -0.4 is 0 Å². The highest BCUT2D eigenvalue weighted by Gasteiger charge is 1.96. The molecule has 0 heteroatoms. The van der Waals surface area contributed by atoms with Crippen LogP contribution >= 0.6 is 0 Å². The van der Waals surface area contributed by atoms with E-state index in [1.54, 1.807) is 0 Å². The van der Waals surface area contributed by atoms with Gasteiger partial charge in [-0.2, -0.15) is 0 Å². The summed E-state index contributed by atoms with van der Waals surface area (Å²) in [6.45, 7) is 0. The minimum absolute atomic E-state index is 1.22. The van der Waals surface area contributed by atoms with Crippen molar-refractivity contribution < 1.29 is 0 Å². The van der Waals surface area contributed by atoms with E-state index in [1.807, 2.05) is 12.1 Å². The van der Waals surface area contributed by atoms with E-state index >= 15 is 0 Å². The molecule has 0 fully saturated rings. The number of benzene rings is 4. The van der Waals surface area contributed by atoms with E-state index in [9.17, 15) is 0 Å². The highest BCUT2D eigenvalue weighted by Crippen LogP contribution is 2.20. The third-order valence-corrected chi connectivity index (χ3v) is 4.42. The first-order valence-electron chi connectivity index (χ1n) is 8.87. The zero-order valence-electron chi connectivity index (χ0n) is 14.5. The second kappa shape index (κ2) is 7.67. The summed E-state index contributed by atoms with van der Waals surface area (Å²) in [5.74, 6) is 0. The van der Waals surface area contributed by atoms with Crippen LogP contribution in [0.15, 0.2) is 97.1 Å². The molecule has 26 heavy (non-hydrogen) atoms. The summed E-state index contributed by atoms with van der Waals surface area (Å²) in [4.78, 5) is 0. The van der Waals surface area contributed by atoms with Crippen LogP contribution in [0.1, 0.15) is 22.3 Å². The highest BCUT2D eigenvalue weighted by atomic mass is 14.0. The van der Waals surface area contributed by atoms with Gasteiger partial charge in [-0.05, 0) is 45.2 Å². The van der Waals surface area contributed by atoms with Crippen molar-refractivity contribution in [1.29, 1.82) is 0 Å². The van der Waals surface area contributed by atoms with E-state index in [0.29, 0.717) is 0 Å². The van der Waals surface area contributed by atoms with Gasteiger partial charge in [0.1, 0.15) is 0 Å². The van der Waals surface area contributed by atoms with Gasteiger partial charge in [-0.25, -0.2) is 0 Å². The van der Waals surface area contributed by atoms with Crippen LogP contribution in [0.3, 0.4) is 0 Å². The van der Waals surface area contributed by atoms with Crippen LogP contribution in [-0.4, -0.2) is 0 Å². The van der Waals surface area contributed by atoms with Crippen LogP contribution in [0, 0.1) is 0 Å². The Kier molecular flexibility index (Phi) is 4.75. The zero-order valence-corrected chi connectivity index (χ0v) is 14.5. The minimum Gasteiger partial charge on any atom is -0.0622 e. The van der Waals surface area contributed by atoms with E-state index < -0.39 is 0 Å². The molecule has 124 valence electrons.